The van der Waals surface area contributed by atoms with Crippen LogP contribution >= 0.6 is 0 Å². The number of nitrogens with two attached hydrogens (primary N) is 1. The van der Waals surface area contributed by atoms with Gasteiger partial charge in [0.05, 0.1) is 0 Å². The van der Waals surface area contributed by atoms with E-state index in [-0.39, 0.29) is 6.09 Å². The molecule has 3 aliphatic heterocycles. The Kier molecular flexibility index (Phi) is 3.82. The molecule has 0 aromatic carbocycles. The second kappa shape index (κ2) is 5.05. The Bertz CT molecular complexity index is 302. The van der Waals surface area contributed by atoms with E-state index in [0.29, 0.717) is 12.1 Å². The van der Waals surface area contributed by atoms with Crippen LogP contribution < -0.4 is 5.73 Å². The Morgan fingerprint density at radius 2 is 1.94 bits per heavy atom. The van der Waals surface area contributed by atoms with Crippen molar-refractivity contribution in [1.29, 1.82) is 0 Å². The van der Waals surface area contributed by atoms with Crippen LogP contribution in [0.2, 0.25) is 0 Å². The first-order valence-corrected chi connectivity index (χ1v) is 6.84. The molecular formula is C13H25N3O2. The van der Waals surface area contributed by atoms with E-state index < -0.39 is 5.60 Å². The van der Waals surface area contributed by atoms with Crippen LogP contribution in [0.1, 0.15) is 33.6 Å². The van der Waals surface area contributed by atoms with Crippen molar-refractivity contribution in [1.82, 2.24) is 9.80 Å². The highest BCUT2D eigenvalue weighted by Crippen LogP contribution is 2.32. The molecule has 0 aliphatic carbocycles. The van der Waals surface area contributed by atoms with Crippen molar-refractivity contribution in [2.24, 2.45) is 5.73 Å². The van der Waals surface area contributed by atoms with E-state index in [1.54, 1.807) is 0 Å². The highest BCUT2D eigenvalue weighted by atomic mass is 16.6. The predicted octanol–water partition coefficient (Wildman–Crippen LogP) is 1.03. The molecule has 0 aromatic heterocycles. The molecule has 0 radical (unpaired) electrons. The molecule has 0 aromatic rings. The summed E-state index contributed by atoms with van der Waals surface area (Å²) in [7, 11) is 0. The van der Waals surface area contributed by atoms with Gasteiger partial charge in [0, 0.05) is 31.7 Å². The van der Waals surface area contributed by atoms with E-state index in [9.17, 15) is 4.79 Å². The molecule has 2 atom stereocenters. The fourth-order valence-electron chi connectivity index (χ4n) is 2.80. The molecule has 2 N–H and O–H groups in total. The summed E-state index contributed by atoms with van der Waals surface area (Å²) < 4.78 is 5.41. The van der Waals surface area contributed by atoms with Crippen LogP contribution in [0.15, 0.2) is 0 Å². The minimum absolute atomic E-state index is 0.171. The monoisotopic (exact) mass is 255 g/mol. The van der Waals surface area contributed by atoms with Crippen molar-refractivity contribution < 1.29 is 9.53 Å². The third-order valence-electron chi connectivity index (χ3n) is 3.62. The molecule has 3 fully saturated rings. The average Bonchev–Trinajstić information content (AvgIpc) is 2.27. The van der Waals surface area contributed by atoms with Crippen molar-refractivity contribution in [3.8, 4) is 0 Å². The van der Waals surface area contributed by atoms with Crippen LogP contribution in [-0.4, -0.2) is 59.8 Å². The lowest BCUT2D eigenvalue weighted by atomic mass is 9.87. The molecule has 3 rings (SSSR count). The van der Waals surface area contributed by atoms with Gasteiger partial charge in [-0.3, -0.25) is 4.90 Å². The van der Waals surface area contributed by atoms with Gasteiger partial charge in [-0.25, -0.2) is 4.79 Å². The van der Waals surface area contributed by atoms with Crippen LogP contribution in [0, 0.1) is 0 Å². The maximum absolute atomic E-state index is 12.0. The molecule has 5 nitrogen and oxygen atoms in total. The lowest BCUT2D eigenvalue weighted by molar-refractivity contribution is -0.0731. The zero-order chi connectivity index (χ0) is 13.3. The maximum Gasteiger partial charge on any atom is 0.410 e. The average molecular weight is 255 g/mol. The first-order chi connectivity index (χ1) is 8.40. The Morgan fingerprint density at radius 3 is 2.44 bits per heavy atom. The second-order valence-electron chi connectivity index (χ2n) is 6.31. The zero-order valence-electron chi connectivity index (χ0n) is 11.7. The highest BCUT2D eigenvalue weighted by molar-refractivity contribution is 5.68. The van der Waals surface area contributed by atoms with Gasteiger partial charge in [-0.05, 0) is 40.2 Å². The van der Waals surface area contributed by atoms with Gasteiger partial charge in [0.25, 0.3) is 0 Å². The van der Waals surface area contributed by atoms with Crippen molar-refractivity contribution in [3.63, 3.8) is 0 Å². The van der Waals surface area contributed by atoms with Gasteiger partial charge in [-0.2, -0.15) is 0 Å². The maximum atomic E-state index is 12.0. The largest absolute Gasteiger partial charge is 0.444 e. The second-order valence-corrected chi connectivity index (χ2v) is 6.31. The van der Waals surface area contributed by atoms with Gasteiger partial charge in [0.15, 0.2) is 0 Å². The first kappa shape index (κ1) is 13.6. The zero-order valence-corrected chi connectivity index (χ0v) is 11.7. The van der Waals surface area contributed by atoms with E-state index in [4.69, 9.17) is 10.5 Å². The topological polar surface area (TPSA) is 58.8 Å². The summed E-state index contributed by atoms with van der Waals surface area (Å²) in [5, 5.41) is 0. The number of hydrogen-bond donors (Lipinski definition) is 1. The van der Waals surface area contributed by atoms with Crippen molar-refractivity contribution in [2.45, 2.75) is 51.3 Å². The lowest BCUT2D eigenvalue weighted by Crippen LogP contribution is -2.69. The SMILES string of the molecule is CC(C)(C)OC(=O)N1CC2CC(C1)N2CCCN. The van der Waals surface area contributed by atoms with Gasteiger partial charge in [0.2, 0.25) is 0 Å². The highest BCUT2D eigenvalue weighted by Gasteiger charge is 2.45. The molecule has 18 heavy (non-hydrogen) atoms. The molecule has 2 unspecified atom stereocenters. The third-order valence-corrected chi connectivity index (χ3v) is 3.62. The molecule has 5 heteroatoms. The molecule has 3 saturated heterocycles. The number of carbonyl (C=O) groups excluding carboxylic acids is 1. The Balaban J connectivity index is 1.82. The first-order valence-electron chi connectivity index (χ1n) is 6.84. The number of carbonyl (C=O) groups is 1. The van der Waals surface area contributed by atoms with Crippen LogP contribution in [0.4, 0.5) is 4.79 Å². The third kappa shape index (κ3) is 2.95. The molecule has 0 saturated carbocycles. The number of nitrogens with zero attached hydrogens (tertiary/aromatic N) is 2. The minimum atomic E-state index is -0.405. The number of ether oxygens (including phenoxy) is 1. The number of hydrogen-bond acceptors (Lipinski definition) is 4. The fraction of sp³-hybridized carbons (Fsp3) is 0.923. The number of fused-ring (bicyclic) bond motifs is 2. The molecule has 0 spiro atoms. The van der Waals surface area contributed by atoms with Gasteiger partial charge in [0.1, 0.15) is 5.60 Å². The summed E-state index contributed by atoms with van der Waals surface area (Å²) in [5.74, 6) is 0. The smallest absolute Gasteiger partial charge is 0.410 e. The summed E-state index contributed by atoms with van der Waals surface area (Å²) in [6.07, 6.45) is 2.08. The van der Waals surface area contributed by atoms with E-state index in [1.165, 1.54) is 6.42 Å². The van der Waals surface area contributed by atoms with Crippen LogP contribution in [-0.2, 0) is 4.74 Å². The molecule has 3 aliphatic rings. The number of piperazine rings is 1. The van der Waals surface area contributed by atoms with Crippen molar-refractivity contribution in [3.05, 3.63) is 0 Å². The Hall–Kier alpha value is -0.810. The van der Waals surface area contributed by atoms with Crippen molar-refractivity contribution in [2.75, 3.05) is 26.2 Å². The van der Waals surface area contributed by atoms with E-state index in [1.807, 2.05) is 25.7 Å². The van der Waals surface area contributed by atoms with E-state index in [2.05, 4.69) is 4.90 Å². The molecular weight excluding hydrogens is 230 g/mol. The van der Waals surface area contributed by atoms with Crippen LogP contribution in [0.3, 0.4) is 0 Å². The lowest BCUT2D eigenvalue weighted by Gasteiger charge is -2.56. The normalized spacial score (nSPS) is 27.9. The van der Waals surface area contributed by atoms with Gasteiger partial charge in [-0.1, -0.05) is 0 Å². The summed E-state index contributed by atoms with van der Waals surface area (Å²) in [5.41, 5.74) is 5.13. The summed E-state index contributed by atoms with van der Waals surface area (Å²) >= 11 is 0. The van der Waals surface area contributed by atoms with Gasteiger partial charge < -0.3 is 15.4 Å². The molecule has 2 bridgehead atoms. The quantitative estimate of drug-likeness (QED) is 0.818. The summed E-state index contributed by atoms with van der Waals surface area (Å²) in [4.78, 5) is 16.3. The van der Waals surface area contributed by atoms with E-state index >= 15 is 0 Å². The Labute approximate surface area is 109 Å². The van der Waals surface area contributed by atoms with E-state index in [0.717, 1.165) is 32.6 Å². The van der Waals surface area contributed by atoms with Crippen LogP contribution in [0.5, 0.6) is 0 Å². The van der Waals surface area contributed by atoms with Crippen molar-refractivity contribution >= 4 is 6.09 Å². The van der Waals surface area contributed by atoms with Crippen LogP contribution in [0.25, 0.3) is 0 Å². The Morgan fingerprint density at radius 1 is 1.33 bits per heavy atom. The molecule has 3 heterocycles. The molecule has 104 valence electrons. The summed E-state index contributed by atoms with van der Waals surface area (Å²) in [6, 6.07) is 1.03. The van der Waals surface area contributed by atoms with Gasteiger partial charge in [-0.15, -0.1) is 0 Å². The molecule has 1 amide bonds. The summed E-state index contributed by atoms with van der Waals surface area (Å²) in [6.45, 7) is 9.13. The number of piperidine rings is 1. The minimum Gasteiger partial charge on any atom is -0.444 e. The predicted molar refractivity (Wildman–Crippen MR) is 70.4 cm³/mol. The fourth-order valence-corrected chi connectivity index (χ4v) is 2.80. The number of amides is 1. The number of rotatable bonds is 3. The van der Waals surface area contributed by atoms with Gasteiger partial charge >= 0.3 is 6.09 Å². The standard InChI is InChI=1S/C13H25N3O2/c1-13(2,3)18-12(17)15-8-10-7-11(9-15)16(10)6-4-5-14/h10-11H,4-9,14H2,1-3H3.